The van der Waals surface area contributed by atoms with Crippen LogP contribution in [-0.4, -0.2) is 71.3 Å². The van der Waals surface area contributed by atoms with Crippen molar-refractivity contribution in [3.05, 3.63) is 0 Å². The standard InChI is InChI=1S/C21H39N7O7/c1-11(2)9-15(21(34)35)28-20(33)14(6-7-16(24)29)27-19(32)13(5-3-4-8-22)26-18(31)12(23)10-17(25)30/h11-15H,3-10,22-23H2,1-2H3,(H2,24,29)(H2,25,30)(H,26,31)(H,27,32)(H,28,33)(H,34,35). The molecule has 12 N–H and O–H groups in total. The second-order valence-corrected chi connectivity index (χ2v) is 8.72. The van der Waals surface area contributed by atoms with E-state index >= 15 is 0 Å². The molecular weight excluding hydrogens is 462 g/mol. The van der Waals surface area contributed by atoms with Crippen molar-refractivity contribution >= 4 is 35.5 Å². The summed E-state index contributed by atoms with van der Waals surface area (Å²) >= 11 is 0. The number of aliphatic carboxylic acids is 1. The number of carboxylic acids is 1. The zero-order chi connectivity index (χ0) is 27.1. The number of unbranched alkanes of at least 4 members (excludes halogenated alkanes) is 1. The smallest absolute Gasteiger partial charge is 0.326 e. The first kappa shape index (κ1) is 31.7. The fraction of sp³-hybridized carbons (Fsp3) is 0.714. The van der Waals surface area contributed by atoms with Crippen LogP contribution >= 0.6 is 0 Å². The number of carboxylic acid groups (broad SMARTS) is 1. The molecule has 0 heterocycles. The van der Waals surface area contributed by atoms with E-state index in [2.05, 4.69) is 16.0 Å². The third-order valence-corrected chi connectivity index (χ3v) is 4.97. The Morgan fingerprint density at radius 2 is 1.29 bits per heavy atom. The number of carbonyl (C=O) groups is 6. The predicted octanol–water partition coefficient (Wildman–Crippen LogP) is -2.83. The van der Waals surface area contributed by atoms with Crippen LogP contribution in [0.3, 0.4) is 0 Å². The van der Waals surface area contributed by atoms with Gasteiger partial charge >= 0.3 is 5.97 Å². The van der Waals surface area contributed by atoms with Gasteiger partial charge in [0.2, 0.25) is 29.5 Å². The van der Waals surface area contributed by atoms with Gasteiger partial charge in [-0.05, 0) is 44.6 Å². The first-order valence-corrected chi connectivity index (χ1v) is 11.4. The maximum Gasteiger partial charge on any atom is 0.326 e. The van der Waals surface area contributed by atoms with Gasteiger partial charge in [0, 0.05) is 6.42 Å². The van der Waals surface area contributed by atoms with Crippen LogP contribution in [-0.2, 0) is 28.8 Å². The summed E-state index contributed by atoms with van der Waals surface area (Å²) in [5.41, 5.74) is 21.3. The average molecular weight is 502 g/mol. The molecule has 0 bridgehead atoms. The lowest BCUT2D eigenvalue weighted by atomic mass is 10.0. The summed E-state index contributed by atoms with van der Waals surface area (Å²) in [6, 6.07) is -4.92. The van der Waals surface area contributed by atoms with Crippen LogP contribution in [0.1, 0.15) is 58.8 Å². The predicted molar refractivity (Wildman–Crippen MR) is 126 cm³/mol. The molecule has 0 aromatic carbocycles. The molecule has 200 valence electrons. The molecule has 0 saturated heterocycles. The Morgan fingerprint density at radius 3 is 1.74 bits per heavy atom. The van der Waals surface area contributed by atoms with Crippen molar-refractivity contribution in [2.75, 3.05) is 6.54 Å². The average Bonchev–Trinajstić information content (AvgIpc) is 2.74. The highest BCUT2D eigenvalue weighted by Crippen LogP contribution is 2.08. The van der Waals surface area contributed by atoms with Gasteiger partial charge < -0.3 is 44.0 Å². The van der Waals surface area contributed by atoms with Gasteiger partial charge in [-0.2, -0.15) is 0 Å². The van der Waals surface area contributed by atoms with Crippen LogP contribution in [0, 0.1) is 5.92 Å². The van der Waals surface area contributed by atoms with Crippen molar-refractivity contribution in [2.45, 2.75) is 83.0 Å². The lowest BCUT2D eigenvalue weighted by Crippen LogP contribution is -2.57. The molecule has 35 heavy (non-hydrogen) atoms. The topological polar surface area (TPSA) is 263 Å². The maximum absolute atomic E-state index is 13.0. The summed E-state index contributed by atoms with van der Waals surface area (Å²) in [4.78, 5) is 71.9. The Kier molecular flexibility index (Phi) is 14.9. The van der Waals surface area contributed by atoms with Gasteiger partial charge in [0.1, 0.15) is 18.1 Å². The highest BCUT2D eigenvalue weighted by atomic mass is 16.4. The first-order chi connectivity index (χ1) is 16.3. The number of hydrogen-bond acceptors (Lipinski definition) is 8. The zero-order valence-electron chi connectivity index (χ0n) is 20.2. The van der Waals surface area contributed by atoms with Crippen molar-refractivity contribution in [1.29, 1.82) is 0 Å². The monoisotopic (exact) mass is 501 g/mol. The molecule has 0 aromatic rings. The minimum Gasteiger partial charge on any atom is -0.480 e. The third-order valence-electron chi connectivity index (χ3n) is 4.97. The van der Waals surface area contributed by atoms with Gasteiger partial charge in [-0.25, -0.2) is 4.79 Å². The number of rotatable bonds is 18. The number of carbonyl (C=O) groups excluding carboxylic acids is 5. The molecule has 0 aromatic heterocycles. The van der Waals surface area contributed by atoms with Crippen molar-refractivity contribution in [3.63, 3.8) is 0 Å². The summed E-state index contributed by atoms with van der Waals surface area (Å²) in [5, 5.41) is 16.6. The SMILES string of the molecule is CC(C)CC(NC(=O)C(CCC(N)=O)NC(=O)C(CCCCN)NC(=O)C(N)CC(N)=O)C(=O)O. The van der Waals surface area contributed by atoms with Crippen LogP contribution in [0.5, 0.6) is 0 Å². The molecule has 0 radical (unpaired) electrons. The Labute approximate surface area is 204 Å². The second kappa shape index (κ2) is 16.4. The van der Waals surface area contributed by atoms with Crippen molar-refractivity contribution in [2.24, 2.45) is 28.9 Å². The first-order valence-electron chi connectivity index (χ1n) is 11.4. The molecule has 5 amide bonds. The highest BCUT2D eigenvalue weighted by molar-refractivity contribution is 5.95. The molecule has 0 aliphatic rings. The minimum absolute atomic E-state index is 0.0400. The van der Waals surface area contributed by atoms with E-state index in [1.807, 2.05) is 0 Å². The molecule has 0 rings (SSSR count). The third kappa shape index (κ3) is 13.9. The number of amides is 5. The second-order valence-electron chi connectivity index (χ2n) is 8.72. The lowest BCUT2D eigenvalue weighted by Gasteiger charge is -2.25. The van der Waals surface area contributed by atoms with Crippen molar-refractivity contribution < 1.29 is 33.9 Å². The number of nitrogens with one attached hydrogen (secondary N) is 3. The van der Waals surface area contributed by atoms with Gasteiger partial charge in [-0.3, -0.25) is 24.0 Å². The molecule has 0 aliphatic heterocycles. The largest absolute Gasteiger partial charge is 0.480 e. The van der Waals surface area contributed by atoms with Crippen molar-refractivity contribution in [1.82, 2.24) is 16.0 Å². The fourth-order valence-corrected chi connectivity index (χ4v) is 3.14. The zero-order valence-corrected chi connectivity index (χ0v) is 20.2. The molecule has 14 heteroatoms. The summed E-state index contributed by atoms with van der Waals surface area (Å²) in [6.07, 6.45) is 0.417. The van der Waals surface area contributed by atoms with E-state index in [0.717, 1.165) is 0 Å². The van der Waals surface area contributed by atoms with Crippen LogP contribution in [0.4, 0.5) is 0 Å². The Morgan fingerprint density at radius 1 is 0.771 bits per heavy atom. The van der Waals surface area contributed by atoms with Crippen LogP contribution in [0.15, 0.2) is 0 Å². The summed E-state index contributed by atoms with van der Waals surface area (Å²) < 4.78 is 0. The molecule has 0 spiro atoms. The molecular formula is C21H39N7O7. The quantitative estimate of drug-likeness (QED) is 0.0898. The van der Waals surface area contributed by atoms with E-state index in [4.69, 9.17) is 22.9 Å². The van der Waals surface area contributed by atoms with Crippen molar-refractivity contribution in [3.8, 4) is 0 Å². The van der Waals surface area contributed by atoms with E-state index in [0.29, 0.717) is 19.4 Å². The van der Waals surface area contributed by atoms with Crippen LogP contribution < -0.4 is 38.9 Å². The van der Waals surface area contributed by atoms with E-state index in [1.165, 1.54) is 0 Å². The summed E-state index contributed by atoms with van der Waals surface area (Å²) in [7, 11) is 0. The van der Waals surface area contributed by atoms with E-state index in [1.54, 1.807) is 13.8 Å². The van der Waals surface area contributed by atoms with Gasteiger partial charge in [0.25, 0.3) is 0 Å². The van der Waals surface area contributed by atoms with Crippen LogP contribution in [0.2, 0.25) is 0 Å². The molecule has 0 saturated carbocycles. The molecule has 4 unspecified atom stereocenters. The summed E-state index contributed by atoms with van der Waals surface area (Å²) in [6.45, 7) is 3.91. The van der Waals surface area contributed by atoms with Gasteiger partial charge in [-0.1, -0.05) is 13.8 Å². The fourth-order valence-electron chi connectivity index (χ4n) is 3.14. The number of hydrogen-bond donors (Lipinski definition) is 8. The molecule has 4 atom stereocenters. The van der Waals surface area contributed by atoms with Crippen LogP contribution in [0.25, 0.3) is 0 Å². The lowest BCUT2D eigenvalue weighted by molar-refractivity contribution is -0.143. The van der Waals surface area contributed by atoms with E-state index in [-0.39, 0.29) is 31.6 Å². The molecule has 0 aliphatic carbocycles. The molecule has 0 fully saturated rings. The van der Waals surface area contributed by atoms with Gasteiger partial charge in [-0.15, -0.1) is 0 Å². The minimum atomic E-state index is -1.29. The highest BCUT2D eigenvalue weighted by Gasteiger charge is 2.30. The Hall–Kier alpha value is -3.26. The molecule has 14 nitrogen and oxygen atoms in total. The van der Waals surface area contributed by atoms with E-state index in [9.17, 15) is 33.9 Å². The summed E-state index contributed by atoms with van der Waals surface area (Å²) in [5.74, 6) is -5.18. The Bertz CT molecular complexity index is 760. The Balaban J connectivity index is 5.59. The van der Waals surface area contributed by atoms with Gasteiger partial charge in [0.15, 0.2) is 0 Å². The normalized spacial score (nSPS) is 14.3. The number of primary amides is 2. The van der Waals surface area contributed by atoms with Gasteiger partial charge in [0.05, 0.1) is 12.5 Å². The van der Waals surface area contributed by atoms with E-state index < -0.39 is 66.1 Å². The number of nitrogens with two attached hydrogens (primary N) is 4. The maximum atomic E-state index is 13.0.